The van der Waals surface area contributed by atoms with E-state index in [2.05, 4.69) is 29.7 Å². The molecule has 0 saturated carbocycles. The van der Waals surface area contributed by atoms with Crippen LogP contribution >= 0.6 is 0 Å². The van der Waals surface area contributed by atoms with Gasteiger partial charge in [-0.1, -0.05) is 43.7 Å². The van der Waals surface area contributed by atoms with E-state index < -0.39 is 5.54 Å². The highest BCUT2D eigenvalue weighted by molar-refractivity contribution is 5.99. The van der Waals surface area contributed by atoms with Crippen molar-refractivity contribution in [1.82, 2.24) is 0 Å². The number of carbonyl (C=O) groups is 1. The number of para-hydroxylation sites is 1. The fourth-order valence-corrected chi connectivity index (χ4v) is 2.41. The van der Waals surface area contributed by atoms with Crippen LogP contribution in [-0.4, -0.2) is 11.4 Å². The lowest BCUT2D eigenvalue weighted by atomic mass is 10.0. The van der Waals surface area contributed by atoms with Gasteiger partial charge in [-0.3, -0.25) is 4.79 Å². The van der Waals surface area contributed by atoms with Crippen LogP contribution in [0.1, 0.15) is 39.2 Å². The predicted molar refractivity (Wildman–Crippen MR) is 97.8 cm³/mol. The molecule has 0 spiro atoms. The van der Waals surface area contributed by atoms with E-state index in [0.717, 1.165) is 17.8 Å². The van der Waals surface area contributed by atoms with Gasteiger partial charge in [0.1, 0.15) is 5.54 Å². The van der Waals surface area contributed by atoms with Crippen molar-refractivity contribution in [2.24, 2.45) is 0 Å². The van der Waals surface area contributed by atoms with E-state index in [1.807, 2.05) is 56.3 Å². The normalized spacial score (nSPS) is 11.1. The molecule has 2 N–H and O–H groups in total. The first-order chi connectivity index (χ1) is 11.0. The molecule has 2 rings (SSSR count). The molecule has 1 amide bonds. The molecule has 0 heterocycles. The smallest absolute Gasteiger partial charge is 0.249 e. The minimum Gasteiger partial charge on any atom is -0.372 e. The van der Waals surface area contributed by atoms with Crippen LogP contribution in [0.4, 0.5) is 11.4 Å². The number of aryl methyl sites for hydroxylation is 1. The molecule has 0 aliphatic carbocycles. The van der Waals surface area contributed by atoms with E-state index >= 15 is 0 Å². The molecule has 23 heavy (non-hydrogen) atoms. The van der Waals surface area contributed by atoms with Gasteiger partial charge >= 0.3 is 0 Å². The average Bonchev–Trinajstić information content (AvgIpc) is 2.54. The molecule has 0 unspecified atom stereocenters. The van der Waals surface area contributed by atoms with E-state index in [1.165, 1.54) is 18.4 Å². The third-order valence-electron chi connectivity index (χ3n) is 3.80. The number of unbranched alkanes of at least 4 members (excludes halogenated alkanes) is 1. The van der Waals surface area contributed by atoms with Gasteiger partial charge < -0.3 is 10.6 Å². The highest BCUT2D eigenvalue weighted by Crippen LogP contribution is 2.18. The van der Waals surface area contributed by atoms with Crippen molar-refractivity contribution in [1.29, 1.82) is 0 Å². The molecule has 0 saturated heterocycles. The first-order valence-corrected chi connectivity index (χ1v) is 8.25. The zero-order valence-corrected chi connectivity index (χ0v) is 14.2. The van der Waals surface area contributed by atoms with Crippen molar-refractivity contribution < 1.29 is 4.79 Å². The highest BCUT2D eigenvalue weighted by atomic mass is 16.2. The van der Waals surface area contributed by atoms with E-state index in [1.54, 1.807) is 0 Å². The Morgan fingerprint density at radius 2 is 1.70 bits per heavy atom. The monoisotopic (exact) mass is 310 g/mol. The first-order valence-electron chi connectivity index (χ1n) is 8.25. The number of rotatable bonds is 7. The number of carbonyl (C=O) groups excluding carboxylic acids is 1. The van der Waals surface area contributed by atoms with Crippen LogP contribution in [-0.2, 0) is 11.2 Å². The minimum absolute atomic E-state index is 0.0472. The summed E-state index contributed by atoms with van der Waals surface area (Å²) in [5.74, 6) is -0.0472. The molecule has 3 heteroatoms. The maximum atomic E-state index is 12.6. The molecule has 2 aromatic rings. The first kappa shape index (κ1) is 17.1. The van der Waals surface area contributed by atoms with E-state index in [4.69, 9.17) is 0 Å². The van der Waals surface area contributed by atoms with Gasteiger partial charge in [-0.15, -0.1) is 0 Å². The molecule has 2 aromatic carbocycles. The second kappa shape index (κ2) is 7.82. The second-order valence-electron chi connectivity index (χ2n) is 6.37. The summed E-state index contributed by atoms with van der Waals surface area (Å²) >= 11 is 0. The Labute approximate surface area is 139 Å². The highest BCUT2D eigenvalue weighted by Gasteiger charge is 2.27. The van der Waals surface area contributed by atoms with Gasteiger partial charge in [0.2, 0.25) is 5.91 Å². The Balaban J connectivity index is 2.02. The fraction of sp³-hybridized carbons (Fsp3) is 0.350. The quantitative estimate of drug-likeness (QED) is 0.767. The van der Waals surface area contributed by atoms with Crippen molar-refractivity contribution in [3.63, 3.8) is 0 Å². The van der Waals surface area contributed by atoms with Crippen molar-refractivity contribution in [3.8, 4) is 0 Å². The van der Waals surface area contributed by atoms with Crippen molar-refractivity contribution in [2.45, 2.75) is 45.6 Å². The van der Waals surface area contributed by atoms with Gasteiger partial charge in [0.15, 0.2) is 0 Å². The summed E-state index contributed by atoms with van der Waals surface area (Å²) in [7, 11) is 0. The van der Waals surface area contributed by atoms with Crippen LogP contribution in [0.5, 0.6) is 0 Å². The van der Waals surface area contributed by atoms with Gasteiger partial charge in [-0.2, -0.15) is 0 Å². The average molecular weight is 310 g/mol. The minimum atomic E-state index is -0.694. The van der Waals surface area contributed by atoms with Gasteiger partial charge in [-0.05, 0) is 56.5 Å². The van der Waals surface area contributed by atoms with Gasteiger partial charge in [0, 0.05) is 11.4 Å². The van der Waals surface area contributed by atoms with Crippen LogP contribution in [0.3, 0.4) is 0 Å². The number of anilines is 2. The largest absolute Gasteiger partial charge is 0.372 e. The topological polar surface area (TPSA) is 41.1 Å². The van der Waals surface area contributed by atoms with Crippen LogP contribution in [0.15, 0.2) is 54.6 Å². The Morgan fingerprint density at radius 3 is 2.39 bits per heavy atom. The maximum absolute atomic E-state index is 12.6. The summed E-state index contributed by atoms with van der Waals surface area (Å²) in [6.45, 7) is 5.95. The molecule has 0 radical (unpaired) electrons. The summed E-state index contributed by atoms with van der Waals surface area (Å²) in [5, 5.41) is 6.29. The van der Waals surface area contributed by atoms with Crippen molar-refractivity contribution in [3.05, 3.63) is 60.2 Å². The summed E-state index contributed by atoms with van der Waals surface area (Å²) in [6.07, 6.45) is 3.38. The van der Waals surface area contributed by atoms with E-state index in [0.29, 0.717) is 0 Å². The van der Waals surface area contributed by atoms with Crippen molar-refractivity contribution in [2.75, 3.05) is 10.6 Å². The Bertz CT molecular complexity index is 635. The molecule has 0 aromatic heterocycles. The maximum Gasteiger partial charge on any atom is 0.249 e. The second-order valence-corrected chi connectivity index (χ2v) is 6.37. The van der Waals surface area contributed by atoms with E-state index in [-0.39, 0.29) is 5.91 Å². The summed E-state index contributed by atoms with van der Waals surface area (Å²) < 4.78 is 0. The van der Waals surface area contributed by atoms with Crippen LogP contribution in [0.2, 0.25) is 0 Å². The molecular weight excluding hydrogens is 284 g/mol. The third kappa shape index (κ3) is 5.13. The summed E-state index contributed by atoms with van der Waals surface area (Å²) in [5.41, 5.74) is 2.36. The molecule has 0 atom stereocenters. The van der Waals surface area contributed by atoms with Gasteiger partial charge in [0.05, 0.1) is 0 Å². The molecule has 0 bridgehead atoms. The van der Waals surface area contributed by atoms with Crippen LogP contribution in [0, 0.1) is 0 Å². The lowest BCUT2D eigenvalue weighted by Gasteiger charge is -2.26. The SMILES string of the molecule is CCCCc1cccc(NC(=O)C(C)(C)Nc2ccccc2)c1. The lowest BCUT2D eigenvalue weighted by Crippen LogP contribution is -2.44. The van der Waals surface area contributed by atoms with Crippen LogP contribution in [0.25, 0.3) is 0 Å². The molecule has 122 valence electrons. The molecule has 0 aliphatic rings. The Kier molecular flexibility index (Phi) is 5.80. The molecule has 0 aliphatic heterocycles. The summed E-state index contributed by atoms with van der Waals surface area (Å²) in [4.78, 5) is 12.6. The zero-order valence-electron chi connectivity index (χ0n) is 14.2. The molecule has 0 fully saturated rings. The summed E-state index contributed by atoms with van der Waals surface area (Å²) in [6, 6.07) is 17.9. The number of hydrogen-bond donors (Lipinski definition) is 2. The standard InChI is InChI=1S/C20H26N2O/c1-4-5-10-16-11-9-14-18(15-16)21-19(23)20(2,3)22-17-12-7-6-8-13-17/h6-9,11-15,22H,4-5,10H2,1-3H3,(H,21,23). The van der Waals surface area contributed by atoms with Gasteiger partial charge in [0.25, 0.3) is 0 Å². The predicted octanol–water partition coefficient (Wildman–Crippen LogP) is 4.86. The third-order valence-corrected chi connectivity index (χ3v) is 3.80. The van der Waals surface area contributed by atoms with Crippen LogP contribution < -0.4 is 10.6 Å². The Morgan fingerprint density at radius 1 is 1.00 bits per heavy atom. The van der Waals surface area contributed by atoms with Crippen molar-refractivity contribution >= 4 is 17.3 Å². The van der Waals surface area contributed by atoms with Gasteiger partial charge in [-0.25, -0.2) is 0 Å². The number of hydrogen-bond acceptors (Lipinski definition) is 2. The molecule has 3 nitrogen and oxygen atoms in total. The zero-order chi connectivity index (χ0) is 16.7. The number of nitrogens with one attached hydrogen (secondary N) is 2. The Hall–Kier alpha value is -2.29. The number of benzene rings is 2. The fourth-order valence-electron chi connectivity index (χ4n) is 2.41. The lowest BCUT2D eigenvalue weighted by molar-refractivity contribution is -0.119. The molecular formula is C20H26N2O. The number of amides is 1. The van der Waals surface area contributed by atoms with E-state index in [9.17, 15) is 4.79 Å².